The molecule has 1 aliphatic heterocycles. The first kappa shape index (κ1) is 16.7. The summed E-state index contributed by atoms with van der Waals surface area (Å²) >= 11 is 5.86. The Kier molecular flexibility index (Phi) is 5.62. The zero-order valence-electron chi connectivity index (χ0n) is 13.4. The van der Waals surface area contributed by atoms with E-state index in [2.05, 4.69) is 9.88 Å². The van der Waals surface area contributed by atoms with Crippen molar-refractivity contribution in [2.75, 3.05) is 26.2 Å². The Balaban J connectivity index is 1.49. The third kappa shape index (κ3) is 4.66. The van der Waals surface area contributed by atoms with Crippen LogP contribution in [0.15, 0.2) is 54.9 Å². The van der Waals surface area contributed by atoms with Crippen molar-refractivity contribution < 1.29 is 4.79 Å². The van der Waals surface area contributed by atoms with Crippen LogP contribution < -0.4 is 0 Å². The average Bonchev–Trinajstić information content (AvgIpc) is 2.62. The van der Waals surface area contributed by atoms with E-state index in [-0.39, 0.29) is 5.91 Å². The molecule has 2 heterocycles. The van der Waals surface area contributed by atoms with Gasteiger partial charge < -0.3 is 4.90 Å². The second-order valence-corrected chi connectivity index (χ2v) is 6.28. The minimum Gasteiger partial charge on any atom is -0.337 e. The molecule has 0 aliphatic carbocycles. The lowest BCUT2D eigenvalue weighted by Gasteiger charge is -2.34. The van der Waals surface area contributed by atoms with Crippen molar-refractivity contribution in [3.63, 3.8) is 0 Å². The van der Waals surface area contributed by atoms with Crippen molar-refractivity contribution in [3.05, 3.63) is 71.0 Å². The highest BCUT2D eigenvalue weighted by Crippen LogP contribution is 2.12. The minimum atomic E-state index is 0.0634. The zero-order chi connectivity index (χ0) is 16.8. The van der Waals surface area contributed by atoms with Crippen LogP contribution in [-0.2, 0) is 11.3 Å². The molecule has 1 fully saturated rings. The van der Waals surface area contributed by atoms with Gasteiger partial charge in [-0.25, -0.2) is 0 Å². The van der Waals surface area contributed by atoms with Gasteiger partial charge in [0.2, 0.25) is 5.91 Å². The summed E-state index contributed by atoms with van der Waals surface area (Å²) in [6.45, 7) is 4.21. The van der Waals surface area contributed by atoms with Gasteiger partial charge in [0.15, 0.2) is 0 Å². The maximum Gasteiger partial charge on any atom is 0.246 e. The first-order valence-corrected chi connectivity index (χ1v) is 8.42. The van der Waals surface area contributed by atoms with Crippen LogP contribution in [0, 0.1) is 0 Å². The summed E-state index contributed by atoms with van der Waals surface area (Å²) in [7, 11) is 0. The second-order valence-electron chi connectivity index (χ2n) is 5.84. The second kappa shape index (κ2) is 8.08. The predicted molar refractivity (Wildman–Crippen MR) is 96.6 cm³/mol. The number of amides is 1. The van der Waals surface area contributed by atoms with Gasteiger partial charge >= 0.3 is 0 Å². The van der Waals surface area contributed by atoms with Gasteiger partial charge in [0.25, 0.3) is 0 Å². The number of hydrogen-bond acceptors (Lipinski definition) is 3. The number of carbonyl (C=O) groups is 1. The number of carbonyl (C=O) groups excluding carboxylic acids is 1. The Labute approximate surface area is 147 Å². The van der Waals surface area contributed by atoms with Crippen LogP contribution in [0.1, 0.15) is 11.1 Å². The number of halogens is 1. The smallest absolute Gasteiger partial charge is 0.246 e. The van der Waals surface area contributed by atoms with Crippen molar-refractivity contribution in [2.45, 2.75) is 6.54 Å². The summed E-state index contributed by atoms with van der Waals surface area (Å²) in [4.78, 5) is 20.6. The van der Waals surface area contributed by atoms with Crippen molar-refractivity contribution in [2.24, 2.45) is 0 Å². The lowest BCUT2D eigenvalue weighted by atomic mass is 10.2. The molecule has 1 aliphatic rings. The molecular weight excluding hydrogens is 322 g/mol. The highest BCUT2D eigenvalue weighted by Gasteiger charge is 2.19. The molecule has 1 amide bonds. The Morgan fingerprint density at radius 3 is 2.38 bits per heavy atom. The largest absolute Gasteiger partial charge is 0.337 e. The molecule has 0 radical (unpaired) electrons. The highest BCUT2D eigenvalue weighted by atomic mass is 35.5. The van der Waals surface area contributed by atoms with E-state index < -0.39 is 0 Å². The predicted octanol–water partition coefficient (Wildman–Crippen LogP) is 3.09. The fourth-order valence-electron chi connectivity index (χ4n) is 2.72. The van der Waals surface area contributed by atoms with Gasteiger partial charge in [-0.15, -0.1) is 0 Å². The molecule has 3 rings (SSSR count). The molecule has 2 aromatic rings. The van der Waals surface area contributed by atoms with Crippen molar-refractivity contribution in [3.8, 4) is 0 Å². The zero-order valence-corrected chi connectivity index (χ0v) is 14.2. The Morgan fingerprint density at radius 1 is 1.04 bits per heavy atom. The van der Waals surface area contributed by atoms with Crippen LogP contribution in [0.25, 0.3) is 6.08 Å². The lowest BCUT2D eigenvalue weighted by molar-refractivity contribution is -0.127. The van der Waals surface area contributed by atoms with Crippen LogP contribution in [0.3, 0.4) is 0 Å². The molecule has 5 heteroatoms. The van der Waals surface area contributed by atoms with E-state index in [0.717, 1.165) is 38.3 Å². The molecule has 0 saturated carbocycles. The quantitative estimate of drug-likeness (QED) is 0.802. The van der Waals surface area contributed by atoms with Crippen LogP contribution in [-0.4, -0.2) is 46.9 Å². The number of piperazine rings is 1. The van der Waals surface area contributed by atoms with Crippen molar-refractivity contribution in [1.29, 1.82) is 0 Å². The van der Waals surface area contributed by atoms with Gasteiger partial charge in [0.05, 0.1) is 0 Å². The summed E-state index contributed by atoms with van der Waals surface area (Å²) in [6, 6.07) is 11.5. The van der Waals surface area contributed by atoms with E-state index >= 15 is 0 Å². The number of hydrogen-bond donors (Lipinski definition) is 0. The highest BCUT2D eigenvalue weighted by molar-refractivity contribution is 6.30. The minimum absolute atomic E-state index is 0.0634. The number of nitrogens with zero attached hydrogens (tertiary/aromatic N) is 3. The molecule has 124 valence electrons. The summed E-state index contributed by atoms with van der Waals surface area (Å²) < 4.78 is 0. The fraction of sp³-hybridized carbons (Fsp3) is 0.263. The van der Waals surface area contributed by atoms with E-state index in [4.69, 9.17) is 11.6 Å². The van der Waals surface area contributed by atoms with Crippen LogP contribution in [0.5, 0.6) is 0 Å². The topological polar surface area (TPSA) is 36.4 Å². The normalized spacial score (nSPS) is 15.8. The van der Waals surface area contributed by atoms with Gasteiger partial charge in [0, 0.05) is 56.2 Å². The molecule has 0 spiro atoms. The Morgan fingerprint density at radius 2 is 1.71 bits per heavy atom. The van der Waals surface area contributed by atoms with Gasteiger partial charge in [-0.3, -0.25) is 14.7 Å². The summed E-state index contributed by atoms with van der Waals surface area (Å²) in [5.41, 5.74) is 2.23. The Bertz CT molecular complexity index is 692. The number of rotatable bonds is 4. The first-order valence-electron chi connectivity index (χ1n) is 8.04. The number of pyridine rings is 1. The van der Waals surface area contributed by atoms with Crippen LogP contribution >= 0.6 is 11.6 Å². The summed E-state index contributed by atoms with van der Waals surface area (Å²) in [6.07, 6.45) is 7.11. The summed E-state index contributed by atoms with van der Waals surface area (Å²) in [5.74, 6) is 0.0634. The first-order chi connectivity index (χ1) is 11.7. The maximum absolute atomic E-state index is 12.3. The van der Waals surface area contributed by atoms with Gasteiger partial charge in [-0.05, 0) is 41.5 Å². The molecule has 1 saturated heterocycles. The number of benzene rings is 1. The SMILES string of the molecule is O=C(/C=C/c1ccc(Cl)cc1)N1CCN(Cc2ccncc2)CC1. The molecule has 1 aromatic carbocycles. The van der Waals surface area contributed by atoms with Crippen molar-refractivity contribution in [1.82, 2.24) is 14.8 Å². The molecule has 0 atom stereocenters. The third-order valence-corrected chi connectivity index (χ3v) is 4.38. The standard InChI is InChI=1S/C19H20ClN3O/c20-18-4-1-16(2-5-18)3-6-19(24)23-13-11-22(12-14-23)15-17-7-9-21-10-8-17/h1-10H,11-15H2/b6-3+. The van der Waals surface area contributed by atoms with Crippen LogP contribution in [0.2, 0.25) is 5.02 Å². The van der Waals surface area contributed by atoms with E-state index in [1.165, 1.54) is 5.56 Å². The molecule has 4 nitrogen and oxygen atoms in total. The monoisotopic (exact) mass is 341 g/mol. The molecule has 0 unspecified atom stereocenters. The molecule has 1 aromatic heterocycles. The molecule has 0 bridgehead atoms. The Hall–Kier alpha value is -2.17. The lowest BCUT2D eigenvalue weighted by Crippen LogP contribution is -2.47. The van der Waals surface area contributed by atoms with Crippen molar-refractivity contribution >= 4 is 23.6 Å². The van der Waals surface area contributed by atoms with Gasteiger partial charge in [0.1, 0.15) is 0 Å². The molecule has 24 heavy (non-hydrogen) atoms. The number of aromatic nitrogens is 1. The van der Waals surface area contributed by atoms with Crippen LogP contribution in [0.4, 0.5) is 0 Å². The third-order valence-electron chi connectivity index (χ3n) is 4.13. The van der Waals surface area contributed by atoms with E-state index in [0.29, 0.717) is 5.02 Å². The fourth-order valence-corrected chi connectivity index (χ4v) is 2.85. The van der Waals surface area contributed by atoms with E-state index in [1.54, 1.807) is 6.08 Å². The van der Waals surface area contributed by atoms with Gasteiger partial charge in [-0.2, -0.15) is 0 Å². The summed E-state index contributed by atoms with van der Waals surface area (Å²) in [5, 5.41) is 0.698. The van der Waals surface area contributed by atoms with Gasteiger partial charge in [-0.1, -0.05) is 23.7 Å². The average molecular weight is 342 g/mol. The molecular formula is C19H20ClN3O. The van der Waals surface area contributed by atoms with E-state index in [9.17, 15) is 4.79 Å². The maximum atomic E-state index is 12.3. The van der Waals surface area contributed by atoms with E-state index in [1.807, 2.05) is 59.8 Å². The molecule has 0 N–H and O–H groups in total.